The quantitative estimate of drug-likeness (QED) is 0.603. The molecule has 0 amide bonds. The molecule has 0 aromatic heterocycles. The maximum atomic E-state index is 13.1. The van der Waals surface area contributed by atoms with Gasteiger partial charge in [0.1, 0.15) is 5.82 Å². The first-order valence-corrected chi connectivity index (χ1v) is 6.92. The lowest BCUT2D eigenvalue weighted by Gasteiger charge is -2.21. The number of carbonyl (C=O) groups is 1. The van der Waals surface area contributed by atoms with E-state index in [1.54, 1.807) is 0 Å². The van der Waals surface area contributed by atoms with E-state index >= 15 is 0 Å². The molecule has 1 aliphatic rings. The second-order valence-electron chi connectivity index (χ2n) is 5.29. The van der Waals surface area contributed by atoms with E-state index in [0.717, 1.165) is 32.1 Å². The van der Waals surface area contributed by atoms with E-state index in [-0.39, 0.29) is 12.5 Å². The number of alkyl halides is 3. The van der Waals surface area contributed by atoms with Crippen molar-refractivity contribution in [2.75, 3.05) is 6.61 Å². The highest BCUT2D eigenvalue weighted by Gasteiger charge is 2.36. The molecule has 2 rings (SSSR count). The summed E-state index contributed by atoms with van der Waals surface area (Å²) in [5.74, 6) is -1.83. The monoisotopic (exact) mass is 304 g/mol. The molecule has 1 aliphatic carbocycles. The Balaban J connectivity index is 2.09. The zero-order valence-electron chi connectivity index (χ0n) is 11.4. The molecule has 0 radical (unpaired) electrons. The van der Waals surface area contributed by atoms with Crippen molar-refractivity contribution in [1.29, 1.82) is 0 Å². The van der Waals surface area contributed by atoms with Gasteiger partial charge in [0.2, 0.25) is 0 Å². The molecule has 2 nitrogen and oxygen atoms in total. The summed E-state index contributed by atoms with van der Waals surface area (Å²) in [6, 6.07) is 1.82. The third kappa shape index (κ3) is 4.19. The van der Waals surface area contributed by atoms with Gasteiger partial charge in [-0.15, -0.1) is 0 Å². The minimum Gasteiger partial charge on any atom is -0.462 e. The van der Waals surface area contributed by atoms with Crippen molar-refractivity contribution in [2.45, 2.75) is 38.3 Å². The largest absolute Gasteiger partial charge is 0.462 e. The molecule has 1 fully saturated rings. The van der Waals surface area contributed by atoms with Crippen LogP contribution in [0.5, 0.6) is 0 Å². The highest BCUT2D eigenvalue weighted by molar-refractivity contribution is 5.91. The number of hydrogen-bond acceptors (Lipinski definition) is 2. The zero-order valence-corrected chi connectivity index (χ0v) is 11.4. The Bertz CT molecular complexity index is 505. The smallest absolute Gasteiger partial charge is 0.417 e. The number of halogens is 4. The average Bonchev–Trinajstić information content (AvgIpc) is 2.44. The van der Waals surface area contributed by atoms with Crippen molar-refractivity contribution >= 4 is 5.97 Å². The molecule has 21 heavy (non-hydrogen) atoms. The van der Waals surface area contributed by atoms with Crippen LogP contribution < -0.4 is 0 Å². The first kappa shape index (κ1) is 15.8. The Morgan fingerprint density at radius 1 is 1.19 bits per heavy atom. The summed E-state index contributed by atoms with van der Waals surface area (Å²) in [5, 5.41) is 0. The Hall–Kier alpha value is -1.59. The SMILES string of the molecule is O=C(OCC1CCCCC1)c1cc(F)ccc1C(F)(F)F. The molecular formula is C15H16F4O2. The second-order valence-corrected chi connectivity index (χ2v) is 5.29. The van der Waals surface area contributed by atoms with Crippen LogP contribution in [0.4, 0.5) is 17.6 Å². The summed E-state index contributed by atoms with van der Waals surface area (Å²) in [7, 11) is 0. The molecule has 1 aromatic rings. The number of rotatable bonds is 3. The molecule has 0 bridgehead atoms. The van der Waals surface area contributed by atoms with E-state index in [1.807, 2.05) is 0 Å². The number of ether oxygens (including phenoxy) is 1. The number of benzene rings is 1. The van der Waals surface area contributed by atoms with Gasteiger partial charge in [-0.25, -0.2) is 9.18 Å². The summed E-state index contributed by atoms with van der Waals surface area (Å²) in [4.78, 5) is 11.8. The predicted molar refractivity (Wildman–Crippen MR) is 68.3 cm³/mol. The number of carbonyl (C=O) groups excluding carboxylic acids is 1. The van der Waals surface area contributed by atoms with Gasteiger partial charge in [-0.05, 0) is 37.0 Å². The van der Waals surface area contributed by atoms with Crippen LogP contribution in [0.25, 0.3) is 0 Å². The van der Waals surface area contributed by atoms with E-state index in [9.17, 15) is 22.4 Å². The summed E-state index contributed by atoms with van der Waals surface area (Å²) in [5.41, 5.74) is -1.93. The fourth-order valence-electron chi connectivity index (χ4n) is 2.56. The fraction of sp³-hybridized carbons (Fsp3) is 0.533. The Morgan fingerprint density at radius 3 is 2.48 bits per heavy atom. The van der Waals surface area contributed by atoms with Gasteiger partial charge in [0.05, 0.1) is 17.7 Å². The maximum absolute atomic E-state index is 13.1. The van der Waals surface area contributed by atoms with Gasteiger partial charge < -0.3 is 4.74 Å². The summed E-state index contributed by atoms with van der Waals surface area (Å²) < 4.78 is 56.5. The van der Waals surface area contributed by atoms with Crippen molar-refractivity contribution in [3.05, 3.63) is 35.1 Å². The van der Waals surface area contributed by atoms with Gasteiger partial charge in [0.25, 0.3) is 0 Å². The summed E-state index contributed by atoms with van der Waals surface area (Å²) in [6.07, 6.45) is 0.302. The van der Waals surface area contributed by atoms with Crippen LogP contribution in [0, 0.1) is 11.7 Å². The van der Waals surface area contributed by atoms with Crippen LogP contribution in [-0.2, 0) is 10.9 Å². The van der Waals surface area contributed by atoms with Crippen LogP contribution in [0.3, 0.4) is 0 Å². The highest BCUT2D eigenvalue weighted by Crippen LogP contribution is 2.33. The highest BCUT2D eigenvalue weighted by atomic mass is 19.4. The van der Waals surface area contributed by atoms with E-state index in [4.69, 9.17) is 4.74 Å². The molecule has 0 heterocycles. The van der Waals surface area contributed by atoms with Gasteiger partial charge in [-0.2, -0.15) is 13.2 Å². The van der Waals surface area contributed by atoms with Crippen LogP contribution >= 0.6 is 0 Å². The molecule has 1 aromatic carbocycles. The standard InChI is InChI=1S/C15H16F4O2/c16-11-6-7-13(15(17,18)19)12(8-11)14(20)21-9-10-4-2-1-3-5-10/h6-8,10H,1-5,9H2. The van der Waals surface area contributed by atoms with E-state index in [2.05, 4.69) is 0 Å². The lowest BCUT2D eigenvalue weighted by molar-refractivity contribution is -0.138. The van der Waals surface area contributed by atoms with Gasteiger partial charge in [0, 0.05) is 0 Å². The lowest BCUT2D eigenvalue weighted by Crippen LogP contribution is -2.20. The second kappa shape index (κ2) is 6.45. The molecular weight excluding hydrogens is 288 g/mol. The van der Waals surface area contributed by atoms with Gasteiger partial charge >= 0.3 is 12.1 Å². The Kier molecular flexibility index (Phi) is 4.85. The number of hydrogen-bond donors (Lipinski definition) is 0. The van der Waals surface area contributed by atoms with Crippen LogP contribution in [0.15, 0.2) is 18.2 Å². The van der Waals surface area contributed by atoms with Gasteiger partial charge in [-0.3, -0.25) is 0 Å². The fourth-order valence-corrected chi connectivity index (χ4v) is 2.56. The Morgan fingerprint density at radius 2 is 1.86 bits per heavy atom. The van der Waals surface area contributed by atoms with Crippen molar-refractivity contribution in [3.63, 3.8) is 0 Å². The predicted octanol–water partition coefficient (Wildman–Crippen LogP) is 4.58. The van der Waals surface area contributed by atoms with Gasteiger partial charge in [0.15, 0.2) is 0 Å². The molecule has 0 spiro atoms. The van der Waals surface area contributed by atoms with Crippen molar-refractivity contribution in [3.8, 4) is 0 Å². The van der Waals surface area contributed by atoms with E-state index in [1.165, 1.54) is 0 Å². The Labute approximate surface area is 120 Å². The van der Waals surface area contributed by atoms with Crippen molar-refractivity contribution in [2.24, 2.45) is 5.92 Å². The molecule has 0 aliphatic heterocycles. The summed E-state index contributed by atoms with van der Waals surface area (Å²) >= 11 is 0. The average molecular weight is 304 g/mol. The van der Waals surface area contributed by atoms with Crippen LogP contribution in [0.1, 0.15) is 48.0 Å². The van der Waals surface area contributed by atoms with E-state index in [0.29, 0.717) is 18.2 Å². The molecule has 6 heteroatoms. The third-order valence-electron chi connectivity index (χ3n) is 3.68. The van der Waals surface area contributed by atoms with Crippen LogP contribution in [0.2, 0.25) is 0 Å². The lowest BCUT2D eigenvalue weighted by atomic mass is 9.90. The third-order valence-corrected chi connectivity index (χ3v) is 3.68. The molecule has 1 saturated carbocycles. The van der Waals surface area contributed by atoms with Crippen molar-refractivity contribution in [1.82, 2.24) is 0 Å². The van der Waals surface area contributed by atoms with Gasteiger partial charge in [-0.1, -0.05) is 19.3 Å². The molecule has 116 valence electrons. The van der Waals surface area contributed by atoms with E-state index < -0.39 is 29.1 Å². The summed E-state index contributed by atoms with van der Waals surface area (Å²) in [6.45, 7) is 0.0899. The topological polar surface area (TPSA) is 26.3 Å². The molecule has 0 atom stereocenters. The molecule has 0 N–H and O–H groups in total. The van der Waals surface area contributed by atoms with Crippen molar-refractivity contribution < 1.29 is 27.1 Å². The first-order valence-electron chi connectivity index (χ1n) is 6.92. The zero-order chi connectivity index (χ0) is 15.5. The minimum atomic E-state index is -4.72. The maximum Gasteiger partial charge on any atom is 0.417 e. The molecule has 0 unspecified atom stereocenters. The minimum absolute atomic E-state index is 0.0899. The molecule has 0 saturated heterocycles. The number of esters is 1. The van der Waals surface area contributed by atoms with Crippen LogP contribution in [-0.4, -0.2) is 12.6 Å². The first-order chi connectivity index (χ1) is 9.88. The normalized spacial score (nSPS) is 16.8.